The maximum absolute atomic E-state index is 13.9. The largest absolute Gasteiger partial charge is 0.270 e. The molecule has 0 N–H and O–H groups in total. The van der Waals surface area contributed by atoms with E-state index < -0.39 is 5.82 Å². The maximum Gasteiger partial charge on any atom is 0.270 e. The van der Waals surface area contributed by atoms with Crippen LogP contribution >= 0.6 is 24.0 Å². The number of hydrogen-bond acceptors (Lipinski definition) is 3. The molecule has 1 aliphatic rings. The van der Waals surface area contributed by atoms with Crippen LogP contribution in [-0.2, 0) is 11.2 Å². The van der Waals surface area contributed by atoms with Crippen LogP contribution < -0.4 is 4.90 Å². The number of carbonyl (C=O) groups excluding carboxylic acids is 1. The first-order valence-corrected chi connectivity index (χ1v) is 8.44. The smallest absolute Gasteiger partial charge is 0.268 e. The van der Waals surface area contributed by atoms with Crippen LogP contribution in [0.15, 0.2) is 53.4 Å². The third kappa shape index (κ3) is 3.21. The number of halogens is 1. The third-order valence-corrected chi connectivity index (χ3v) is 4.87. The summed E-state index contributed by atoms with van der Waals surface area (Å²) in [6.07, 6.45) is 2.76. The van der Waals surface area contributed by atoms with E-state index in [9.17, 15) is 9.18 Å². The Hall–Kier alpha value is -1.98. The highest BCUT2D eigenvalue weighted by atomic mass is 32.2. The Bertz CT molecular complexity index is 799. The Morgan fingerprint density at radius 3 is 2.52 bits per heavy atom. The average molecular weight is 343 g/mol. The number of thiocarbonyl (C=S) groups is 1. The normalized spacial score (nSPS) is 16.4. The van der Waals surface area contributed by atoms with E-state index in [-0.39, 0.29) is 11.6 Å². The fourth-order valence-electron chi connectivity index (χ4n) is 2.31. The highest BCUT2D eigenvalue weighted by Crippen LogP contribution is 2.36. The standard InChI is InChI=1S/C18H14FNOS2/c1-2-12-7-9-13(10-8-12)11-16-17(21)20(18(22)23-16)15-6-4-3-5-14(15)19/h3-11H,2H2,1H3/b16-11+. The molecule has 2 aromatic rings. The zero-order valence-corrected chi connectivity index (χ0v) is 14.1. The van der Waals surface area contributed by atoms with Crippen molar-refractivity contribution in [1.82, 2.24) is 0 Å². The monoisotopic (exact) mass is 343 g/mol. The lowest BCUT2D eigenvalue weighted by Crippen LogP contribution is -2.28. The van der Waals surface area contributed by atoms with Crippen molar-refractivity contribution in [3.63, 3.8) is 0 Å². The molecule has 1 saturated heterocycles. The predicted molar refractivity (Wildman–Crippen MR) is 97.9 cm³/mol. The van der Waals surface area contributed by atoms with Crippen molar-refractivity contribution < 1.29 is 9.18 Å². The van der Waals surface area contributed by atoms with E-state index in [2.05, 4.69) is 6.92 Å². The second-order valence-electron chi connectivity index (χ2n) is 5.06. The molecule has 1 heterocycles. The summed E-state index contributed by atoms with van der Waals surface area (Å²) in [5, 5.41) is 0. The van der Waals surface area contributed by atoms with Crippen LogP contribution in [0.2, 0.25) is 0 Å². The average Bonchev–Trinajstić information content (AvgIpc) is 2.83. The molecular formula is C18H14FNOS2. The third-order valence-electron chi connectivity index (χ3n) is 3.57. The van der Waals surface area contributed by atoms with E-state index in [0.29, 0.717) is 9.23 Å². The number of aryl methyl sites for hydroxylation is 1. The molecule has 2 aromatic carbocycles. The molecule has 0 bridgehead atoms. The number of anilines is 1. The molecule has 0 unspecified atom stereocenters. The van der Waals surface area contributed by atoms with Gasteiger partial charge in [0, 0.05) is 0 Å². The number of amides is 1. The van der Waals surface area contributed by atoms with Crippen LogP contribution in [0.3, 0.4) is 0 Å². The Balaban J connectivity index is 1.91. The SMILES string of the molecule is CCc1ccc(/C=C2/SC(=S)N(c3ccccc3F)C2=O)cc1. The summed E-state index contributed by atoms with van der Waals surface area (Å²) in [6.45, 7) is 2.09. The second-order valence-corrected chi connectivity index (χ2v) is 6.74. The number of thioether (sulfide) groups is 1. The molecule has 0 spiro atoms. The zero-order valence-electron chi connectivity index (χ0n) is 12.5. The molecule has 116 valence electrons. The molecule has 0 saturated carbocycles. The van der Waals surface area contributed by atoms with E-state index in [1.165, 1.54) is 28.3 Å². The van der Waals surface area contributed by atoms with E-state index in [1.54, 1.807) is 24.3 Å². The van der Waals surface area contributed by atoms with Crippen molar-refractivity contribution in [2.75, 3.05) is 4.90 Å². The summed E-state index contributed by atoms with van der Waals surface area (Å²) in [5.41, 5.74) is 2.36. The van der Waals surface area contributed by atoms with Crippen LogP contribution in [0, 0.1) is 5.82 Å². The van der Waals surface area contributed by atoms with Crippen LogP contribution in [0.5, 0.6) is 0 Å². The first kappa shape index (κ1) is 15.9. The summed E-state index contributed by atoms with van der Waals surface area (Å²) in [7, 11) is 0. The highest BCUT2D eigenvalue weighted by molar-refractivity contribution is 8.27. The van der Waals surface area contributed by atoms with Gasteiger partial charge in [0.1, 0.15) is 5.82 Å². The van der Waals surface area contributed by atoms with Crippen LogP contribution in [0.4, 0.5) is 10.1 Å². The van der Waals surface area contributed by atoms with Crippen LogP contribution in [0.1, 0.15) is 18.1 Å². The molecule has 0 aromatic heterocycles. The molecule has 5 heteroatoms. The number of nitrogens with zero attached hydrogens (tertiary/aromatic N) is 1. The molecule has 0 aliphatic carbocycles. The second kappa shape index (κ2) is 6.64. The van der Waals surface area contributed by atoms with Gasteiger partial charge in [0.2, 0.25) is 0 Å². The lowest BCUT2D eigenvalue weighted by atomic mass is 10.1. The summed E-state index contributed by atoms with van der Waals surface area (Å²) >= 11 is 6.44. The van der Waals surface area contributed by atoms with Gasteiger partial charge in [-0.3, -0.25) is 9.69 Å². The van der Waals surface area contributed by atoms with Gasteiger partial charge >= 0.3 is 0 Å². The predicted octanol–water partition coefficient (Wildman–Crippen LogP) is 4.79. The van der Waals surface area contributed by atoms with Crippen molar-refractivity contribution in [2.24, 2.45) is 0 Å². The summed E-state index contributed by atoms with van der Waals surface area (Å²) in [6, 6.07) is 14.1. The number of rotatable bonds is 3. The van der Waals surface area contributed by atoms with Gasteiger partial charge in [-0.1, -0.05) is 67.3 Å². The van der Waals surface area contributed by atoms with Crippen LogP contribution in [0.25, 0.3) is 6.08 Å². The van der Waals surface area contributed by atoms with Crippen molar-refractivity contribution >= 4 is 46.0 Å². The minimum atomic E-state index is -0.461. The molecule has 1 aliphatic heterocycles. The van der Waals surface area contributed by atoms with Gasteiger partial charge in [-0.25, -0.2) is 4.39 Å². The van der Waals surface area contributed by atoms with Gasteiger partial charge in [-0.2, -0.15) is 0 Å². The zero-order chi connectivity index (χ0) is 16.4. The molecule has 1 fully saturated rings. The Morgan fingerprint density at radius 1 is 1.17 bits per heavy atom. The van der Waals surface area contributed by atoms with Gasteiger partial charge in [0.05, 0.1) is 10.6 Å². The minimum Gasteiger partial charge on any atom is -0.268 e. The fraction of sp³-hybridized carbons (Fsp3) is 0.111. The van der Waals surface area contributed by atoms with E-state index in [0.717, 1.165) is 12.0 Å². The fourth-order valence-corrected chi connectivity index (χ4v) is 3.59. The van der Waals surface area contributed by atoms with Crippen molar-refractivity contribution in [1.29, 1.82) is 0 Å². The number of benzene rings is 2. The lowest BCUT2D eigenvalue weighted by molar-refractivity contribution is -0.113. The quantitative estimate of drug-likeness (QED) is 0.590. The molecule has 23 heavy (non-hydrogen) atoms. The van der Waals surface area contributed by atoms with Gasteiger partial charge in [0.25, 0.3) is 5.91 Å². The van der Waals surface area contributed by atoms with Gasteiger partial charge in [0.15, 0.2) is 4.32 Å². The maximum atomic E-state index is 13.9. The van der Waals surface area contributed by atoms with E-state index >= 15 is 0 Å². The lowest BCUT2D eigenvalue weighted by Gasteiger charge is -2.14. The van der Waals surface area contributed by atoms with Gasteiger partial charge < -0.3 is 0 Å². The van der Waals surface area contributed by atoms with Gasteiger partial charge in [-0.05, 0) is 35.8 Å². The minimum absolute atomic E-state index is 0.194. The van der Waals surface area contributed by atoms with E-state index in [4.69, 9.17) is 12.2 Å². The first-order valence-electron chi connectivity index (χ1n) is 7.21. The van der Waals surface area contributed by atoms with Crippen LogP contribution in [-0.4, -0.2) is 10.2 Å². The molecule has 2 nitrogen and oxygen atoms in total. The first-order chi connectivity index (χ1) is 11.1. The Kier molecular flexibility index (Phi) is 4.59. The van der Waals surface area contributed by atoms with Crippen molar-refractivity contribution in [3.05, 3.63) is 70.4 Å². The summed E-state index contributed by atoms with van der Waals surface area (Å²) in [4.78, 5) is 14.3. The number of hydrogen-bond donors (Lipinski definition) is 0. The Morgan fingerprint density at radius 2 is 1.87 bits per heavy atom. The molecule has 0 radical (unpaired) electrons. The van der Waals surface area contributed by atoms with Crippen molar-refractivity contribution in [2.45, 2.75) is 13.3 Å². The van der Waals surface area contributed by atoms with Crippen molar-refractivity contribution in [3.8, 4) is 0 Å². The number of carbonyl (C=O) groups is 1. The summed E-state index contributed by atoms with van der Waals surface area (Å²) < 4.78 is 14.3. The highest BCUT2D eigenvalue weighted by Gasteiger charge is 2.34. The number of para-hydroxylation sites is 1. The van der Waals surface area contributed by atoms with E-state index in [1.807, 2.05) is 24.3 Å². The molecule has 0 atom stereocenters. The topological polar surface area (TPSA) is 20.3 Å². The molecular weight excluding hydrogens is 329 g/mol. The van der Waals surface area contributed by atoms with Gasteiger partial charge in [-0.15, -0.1) is 0 Å². The summed E-state index contributed by atoms with van der Waals surface area (Å²) in [5.74, 6) is -0.748. The molecule has 1 amide bonds. The Labute approximate surface area is 144 Å². The molecule has 3 rings (SSSR count).